The number of sulfonamides is 1. The van der Waals surface area contributed by atoms with Crippen LogP contribution in [0.2, 0.25) is 0 Å². The smallest absolute Gasteiger partial charge is 0.240 e. The molecule has 24 heavy (non-hydrogen) atoms. The molecule has 0 radical (unpaired) electrons. The molecule has 0 saturated carbocycles. The molecule has 3 rings (SSSR count). The molecule has 0 saturated heterocycles. The third kappa shape index (κ3) is 3.72. The van der Waals surface area contributed by atoms with Crippen molar-refractivity contribution in [2.45, 2.75) is 31.0 Å². The predicted molar refractivity (Wildman–Crippen MR) is 90.4 cm³/mol. The Hall–Kier alpha value is -2.02. The van der Waals surface area contributed by atoms with Crippen LogP contribution in [0.4, 0.5) is 0 Å². The summed E-state index contributed by atoms with van der Waals surface area (Å²) in [5, 5.41) is 0. The van der Waals surface area contributed by atoms with Gasteiger partial charge in [0.05, 0.1) is 17.6 Å². The molecule has 0 spiro atoms. The summed E-state index contributed by atoms with van der Waals surface area (Å²) in [4.78, 5) is 11.4. The van der Waals surface area contributed by atoms with Crippen molar-refractivity contribution in [3.63, 3.8) is 0 Å². The van der Waals surface area contributed by atoms with Crippen LogP contribution >= 0.6 is 0 Å². The molecular formula is C18H19NO4S. The average molecular weight is 345 g/mol. The highest BCUT2D eigenvalue weighted by Crippen LogP contribution is 2.20. The lowest BCUT2D eigenvalue weighted by atomic mass is 9.99. The Morgan fingerprint density at radius 2 is 1.79 bits per heavy atom. The number of ether oxygens (including phenoxy) is 1. The molecule has 1 atom stereocenters. The van der Waals surface area contributed by atoms with E-state index in [0.717, 1.165) is 5.56 Å². The van der Waals surface area contributed by atoms with Gasteiger partial charge in [0.2, 0.25) is 10.0 Å². The molecule has 0 bridgehead atoms. The Morgan fingerprint density at radius 1 is 1.12 bits per heavy atom. The third-order valence-corrected chi connectivity index (χ3v) is 5.55. The van der Waals surface area contributed by atoms with Crippen molar-refractivity contribution in [2.24, 2.45) is 0 Å². The van der Waals surface area contributed by atoms with Gasteiger partial charge in [-0.15, -0.1) is 0 Å². The molecule has 0 aromatic heterocycles. The van der Waals surface area contributed by atoms with Crippen molar-refractivity contribution in [1.82, 2.24) is 4.72 Å². The second kappa shape index (κ2) is 6.84. The summed E-state index contributed by atoms with van der Waals surface area (Å²) in [6.45, 7) is 2.15. The van der Waals surface area contributed by atoms with Crippen LogP contribution in [0.15, 0.2) is 53.4 Å². The minimum absolute atomic E-state index is 0.0961. The van der Waals surface area contributed by atoms with Gasteiger partial charge in [0.1, 0.15) is 0 Å². The Labute approximate surface area is 141 Å². The fourth-order valence-corrected chi connectivity index (χ4v) is 3.76. The van der Waals surface area contributed by atoms with E-state index in [-0.39, 0.29) is 23.3 Å². The minimum Gasteiger partial charge on any atom is -0.372 e. The number of nitrogens with one attached hydrogen (secondary N) is 1. The van der Waals surface area contributed by atoms with E-state index in [2.05, 4.69) is 4.72 Å². The Bertz CT molecular complexity index is 844. The SMILES string of the molecule is CC(=O)c1ccc(S(=O)(=O)NCC2Cc3ccccc3CO2)cc1. The number of hydrogen-bond acceptors (Lipinski definition) is 4. The van der Waals surface area contributed by atoms with Crippen LogP contribution < -0.4 is 4.72 Å². The first-order valence-electron chi connectivity index (χ1n) is 7.75. The second-order valence-electron chi connectivity index (χ2n) is 5.84. The number of benzene rings is 2. The summed E-state index contributed by atoms with van der Waals surface area (Å²) < 4.78 is 33.0. The Morgan fingerprint density at radius 3 is 2.46 bits per heavy atom. The molecule has 126 valence electrons. The molecular weight excluding hydrogens is 326 g/mol. The number of carbonyl (C=O) groups excluding carboxylic acids is 1. The number of fused-ring (bicyclic) bond motifs is 1. The summed E-state index contributed by atoms with van der Waals surface area (Å²) >= 11 is 0. The second-order valence-corrected chi connectivity index (χ2v) is 7.61. The molecule has 2 aromatic carbocycles. The monoisotopic (exact) mass is 345 g/mol. The van der Waals surface area contributed by atoms with Gasteiger partial charge in [0, 0.05) is 18.5 Å². The predicted octanol–water partition coefficient (Wildman–Crippen LogP) is 2.31. The lowest BCUT2D eigenvalue weighted by molar-refractivity contribution is 0.0322. The number of Topliss-reactive ketones (excluding diaryl/α,β-unsaturated/α-hetero) is 1. The van der Waals surface area contributed by atoms with Crippen LogP contribution in [0.25, 0.3) is 0 Å². The summed E-state index contributed by atoms with van der Waals surface area (Å²) in [5.74, 6) is -0.0961. The van der Waals surface area contributed by atoms with E-state index in [4.69, 9.17) is 4.74 Å². The molecule has 0 amide bonds. The average Bonchev–Trinajstić information content (AvgIpc) is 2.60. The summed E-state index contributed by atoms with van der Waals surface area (Å²) in [6, 6.07) is 13.9. The van der Waals surface area contributed by atoms with Crippen molar-refractivity contribution < 1.29 is 17.9 Å². The van der Waals surface area contributed by atoms with E-state index in [9.17, 15) is 13.2 Å². The fraction of sp³-hybridized carbons (Fsp3) is 0.278. The van der Waals surface area contributed by atoms with Gasteiger partial charge in [-0.25, -0.2) is 13.1 Å². The van der Waals surface area contributed by atoms with E-state index in [1.54, 1.807) is 0 Å². The largest absolute Gasteiger partial charge is 0.372 e. The molecule has 1 unspecified atom stereocenters. The quantitative estimate of drug-likeness (QED) is 0.844. The van der Waals surface area contributed by atoms with E-state index in [1.165, 1.54) is 36.8 Å². The van der Waals surface area contributed by atoms with Gasteiger partial charge < -0.3 is 4.74 Å². The van der Waals surface area contributed by atoms with E-state index in [0.29, 0.717) is 18.6 Å². The van der Waals surface area contributed by atoms with Gasteiger partial charge in [-0.1, -0.05) is 36.4 Å². The molecule has 1 aliphatic heterocycles. The fourth-order valence-electron chi connectivity index (χ4n) is 2.70. The first kappa shape index (κ1) is 16.8. The maximum atomic E-state index is 12.3. The van der Waals surface area contributed by atoms with Gasteiger partial charge in [0.15, 0.2) is 5.78 Å². The highest BCUT2D eigenvalue weighted by Gasteiger charge is 2.22. The third-order valence-electron chi connectivity index (χ3n) is 4.11. The summed E-state index contributed by atoms with van der Waals surface area (Å²) in [5.41, 5.74) is 2.83. The molecule has 5 nitrogen and oxygen atoms in total. The zero-order valence-electron chi connectivity index (χ0n) is 13.4. The minimum atomic E-state index is -3.62. The van der Waals surface area contributed by atoms with Crippen LogP contribution in [0.1, 0.15) is 28.4 Å². The van der Waals surface area contributed by atoms with Gasteiger partial charge in [0.25, 0.3) is 0 Å². The Balaban J connectivity index is 1.64. The van der Waals surface area contributed by atoms with Crippen LogP contribution in [0.5, 0.6) is 0 Å². The lowest BCUT2D eigenvalue weighted by Gasteiger charge is -2.25. The summed E-state index contributed by atoms with van der Waals surface area (Å²) in [6.07, 6.45) is 0.494. The van der Waals surface area contributed by atoms with Gasteiger partial charge in [-0.2, -0.15) is 0 Å². The summed E-state index contributed by atoms with van der Waals surface area (Å²) in [7, 11) is -3.62. The Kier molecular flexibility index (Phi) is 4.80. The van der Waals surface area contributed by atoms with Crippen molar-refractivity contribution in [3.05, 3.63) is 65.2 Å². The van der Waals surface area contributed by atoms with Crippen molar-refractivity contribution in [1.29, 1.82) is 0 Å². The molecule has 1 aliphatic rings. The van der Waals surface area contributed by atoms with Crippen molar-refractivity contribution in [2.75, 3.05) is 6.54 Å². The number of hydrogen-bond donors (Lipinski definition) is 1. The zero-order chi connectivity index (χ0) is 17.2. The lowest BCUT2D eigenvalue weighted by Crippen LogP contribution is -2.36. The number of rotatable bonds is 5. The van der Waals surface area contributed by atoms with Crippen LogP contribution in [-0.2, 0) is 27.8 Å². The first-order valence-corrected chi connectivity index (χ1v) is 9.23. The standard InChI is InChI=1S/C18H19NO4S/c1-13(20)14-6-8-18(9-7-14)24(21,22)19-11-17-10-15-4-2-3-5-16(15)12-23-17/h2-9,17,19H,10-12H2,1H3. The molecule has 6 heteroatoms. The van der Waals surface area contributed by atoms with Crippen molar-refractivity contribution >= 4 is 15.8 Å². The van der Waals surface area contributed by atoms with E-state index < -0.39 is 10.0 Å². The molecule has 2 aromatic rings. The molecule has 0 aliphatic carbocycles. The number of ketones is 1. The van der Waals surface area contributed by atoms with Gasteiger partial charge in [-0.3, -0.25) is 4.79 Å². The molecule has 1 N–H and O–H groups in total. The van der Waals surface area contributed by atoms with E-state index in [1.807, 2.05) is 24.3 Å². The van der Waals surface area contributed by atoms with Gasteiger partial charge >= 0.3 is 0 Å². The number of carbonyl (C=O) groups is 1. The zero-order valence-corrected chi connectivity index (χ0v) is 14.2. The normalized spacial score (nSPS) is 17.3. The highest BCUT2D eigenvalue weighted by molar-refractivity contribution is 7.89. The molecule has 0 fully saturated rings. The van der Waals surface area contributed by atoms with Crippen molar-refractivity contribution in [3.8, 4) is 0 Å². The maximum absolute atomic E-state index is 12.3. The van der Waals surface area contributed by atoms with E-state index >= 15 is 0 Å². The first-order chi connectivity index (χ1) is 11.5. The van der Waals surface area contributed by atoms with Gasteiger partial charge in [-0.05, 0) is 30.2 Å². The topological polar surface area (TPSA) is 72.5 Å². The van der Waals surface area contributed by atoms with Crippen LogP contribution in [0, 0.1) is 0 Å². The van der Waals surface area contributed by atoms with Crippen LogP contribution in [-0.4, -0.2) is 26.8 Å². The molecule has 1 heterocycles. The maximum Gasteiger partial charge on any atom is 0.240 e. The van der Waals surface area contributed by atoms with Crippen LogP contribution in [0.3, 0.4) is 0 Å². The highest BCUT2D eigenvalue weighted by atomic mass is 32.2.